The van der Waals surface area contributed by atoms with Gasteiger partial charge in [0.1, 0.15) is 0 Å². The highest BCUT2D eigenvalue weighted by atomic mass is 35.5. The SMILES string of the molecule is C[C@H](O)c1cccc2c1C(F)(F)C(=O)N2Cc1ccncc1Cl. The van der Waals surface area contributed by atoms with E-state index in [2.05, 4.69) is 4.98 Å². The van der Waals surface area contributed by atoms with Gasteiger partial charge in [0.15, 0.2) is 0 Å². The molecule has 1 aromatic heterocycles. The van der Waals surface area contributed by atoms with E-state index in [0.29, 0.717) is 10.6 Å². The van der Waals surface area contributed by atoms with Gasteiger partial charge in [-0.1, -0.05) is 23.7 Å². The molecule has 1 N–H and O–H groups in total. The van der Waals surface area contributed by atoms with Crippen LogP contribution in [0.2, 0.25) is 5.02 Å². The lowest BCUT2D eigenvalue weighted by Gasteiger charge is -2.18. The van der Waals surface area contributed by atoms with Crippen LogP contribution in [0, 0.1) is 0 Å². The number of pyridine rings is 1. The molecule has 3 rings (SSSR count). The Morgan fingerprint density at radius 2 is 2.13 bits per heavy atom. The number of anilines is 1. The summed E-state index contributed by atoms with van der Waals surface area (Å²) in [7, 11) is 0. The number of alkyl halides is 2. The summed E-state index contributed by atoms with van der Waals surface area (Å²) in [5, 5.41) is 10.0. The standard InChI is InChI=1S/C16H13ClF2N2O2/c1-9(22)11-3-2-4-13-14(11)16(18,19)15(23)21(13)8-10-5-6-20-7-12(10)17/h2-7,9,22H,8H2,1H3/t9-/m0/s1. The average molecular weight is 339 g/mol. The maximum Gasteiger partial charge on any atom is 0.352 e. The number of halogens is 3. The quantitative estimate of drug-likeness (QED) is 0.933. The van der Waals surface area contributed by atoms with E-state index in [4.69, 9.17) is 11.6 Å². The molecule has 4 nitrogen and oxygen atoms in total. The molecule has 23 heavy (non-hydrogen) atoms. The molecular weight excluding hydrogens is 326 g/mol. The first-order valence-electron chi connectivity index (χ1n) is 6.93. The van der Waals surface area contributed by atoms with Gasteiger partial charge in [0.2, 0.25) is 0 Å². The molecule has 1 atom stereocenters. The van der Waals surface area contributed by atoms with E-state index in [0.717, 1.165) is 4.90 Å². The first-order valence-corrected chi connectivity index (χ1v) is 7.31. The van der Waals surface area contributed by atoms with E-state index < -0.39 is 23.5 Å². The fourth-order valence-corrected chi connectivity index (χ4v) is 2.90. The lowest BCUT2D eigenvalue weighted by molar-refractivity contribution is -0.141. The van der Waals surface area contributed by atoms with E-state index in [1.54, 1.807) is 6.07 Å². The van der Waals surface area contributed by atoms with Crippen LogP contribution in [0.1, 0.15) is 29.7 Å². The van der Waals surface area contributed by atoms with Crippen LogP contribution in [0.3, 0.4) is 0 Å². The van der Waals surface area contributed by atoms with E-state index in [9.17, 15) is 18.7 Å². The molecule has 120 valence electrons. The van der Waals surface area contributed by atoms with E-state index >= 15 is 0 Å². The third kappa shape index (κ3) is 2.48. The Labute approximate surface area is 136 Å². The molecule has 1 aromatic carbocycles. The normalized spacial score (nSPS) is 17.3. The largest absolute Gasteiger partial charge is 0.389 e. The van der Waals surface area contributed by atoms with E-state index in [-0.39, 0.29) is 17.8 Å². The Balaban J connectivity index is 2.11. The summed E-state index contributed by atoms with van der Waals surface area (Å²) in [4.78, 5) is 17.0. The zero-order valence-corrected chi connectivity index (χ0v) is 12.9. The van der Waals surface area contributed by atoms with Crippen molar-refractivity contribution in [2.75, 3.05) is 4.90 Å². The van der Waals surface area contributed by atoms with E-state index in [1.165, 1.54) is 37.5 Å². The van der Waals surface area contributed by atoms with Gasteiger partial charge >= 0.3 is 11.8 Å². The number of rotatable bonds is 3. The Bertz CT molecular complexity index is 780. The molecule has 1 amide bonds. The van der Waals surface area contributed by atoms with Gasteiger partial charge in [-0.25, -0.2) is 0 Å². The van der Waals surface area contributed by atoms with Crippen molar-refractivity contribution in [3.05, 3.63) is 58.4 Å². The number of carbonyl (C=O) groups is 1. The summed E-state index contributed by atoms with van der Waals surface area (Å²) in [6, 6.07) is 5.95. The molecule has 0 radical (unpaired) electrons. The number of aliphatic hydroxyl groups is 1. The molecule has 2 heterocycles. The number of aromatic nitrogens is 1. The molecular formula is C16H13ClF2N2O2. The van der Waals surface area contributed by atoms with Gasteiger partial charge in [-0.3, -0.25) is 9.78 Å². The number of benzene rings is 1. The van der Waals surface area contributed by atoms with Crippen molar-refractivity contribution >= 4 is 23.2 Å². The predicted molar refractivity (Wildman–Crippen MR) is 81.4 cm³/mol. The second-order valence-corrected chi connectivity index (χ2v) is 5.76. The van der Waals surface area contributed by atoms with Crippen molar-refractivity contribution in [3.63, 3.8) is 0 Å². The Morgan fingerprint density at radius 1 is 1.39 bits per heavy atom. The third-order valence-corrected chi connectivity index (χ3v) is 4.17. The molecule has 2 aromatic rings. The first-order chi connectivity index (χ1) is 10.8. The van der Waals surface area contributed by atoms with Gasteiger partial charge < -0.3 is 10.0 Å². The van der Waals surface area contributed by atoms with Crippen molar-refractivity contribution in [1.82, 2.24) is 4.98 Å². The van der Waals surface area contributed by atoms with Crippen LogP contribution in [0.4, 0.5) is 14.5 Å². The van der Waals surface area contributed by atoms with Crippen molar-refractivity contribution < 1.29 is 18.7 Å². The number of fused-ring (bicyclic) bond motifs is 1. The number of nitrogens with zero attached hydrogens (tertiary/aromatic N) is 2. The maximum absolute atomic E-state index is 14.5. The van der Waals surface area contributed by atoms with Crippen LogP contribution >= 0.6 is 11.6 Å². The molecule has 0 unspecified atom stereocenters. The molecule has 1 aliphatic heterocycles. The monoisotopic (exact) mass is 338 g/mol. The number of hydrogen-bond acceptors (Lipinski definition) is 3. The zero-order chi connectivity index (χ0) is 16.8. The van der Waals surface area contributed by atoms with E-state index in [1.807, 2.05) is 0 Å². The molecule has 1 aliphatic rings. The van der Waals surface area contributed by atoms with Crippen LogP contribution in [0.15, 0.2) is 36.7 Å². The van der Waals surface area contributed by atoms with Gasteiger partial charge in [0, 0.05) is 12.4 Å². The summed E-state index contributed by atoms with van der Waals surface area (Å²) in [5.74, 6) is -5.00. The first kappa shape index (κ1) is 15.8. The van der Waals surface area contributed by atoms with Crippen LogP contribution in [0.25, 0.3) is 0 Å². The fraction of sp³-hybridized carbons (Fsp3) is 0.250. The second-order valence-electron chi connectivity index (χ2n) is 5.35. The number of hydrogen-bond donors (Lipinski definition) is 1. The van der Waals surface area contributed by atoms with Gasteiger partial charge in [-0.15, -0.1) is 0 Å². The summed E-state index contributed by atoms with van der Waals surface area (Å²) in [5.41, 5.74) is 0.210. The minimum atomic E-state index is -3.68. The highest BCUT2D eigenvalue weighted by molar-refractivity contribution is 6.31. The van der Waals surface area contributed by atoms with Gasteiger partial charge in [-0.2, -0.15) is 8.78 Å². The molecule has 0 fully saturated rings. The summed E-state index contributed by atoms with van der Waals surface area (Å²) in [6.07, 6.45) is 1.77. The zero-order valence-electron chi connectivity index (χ0n) is 12.1. The van der Waals surface area contributed by atoms with Gasteiger partial charge in [0.25, 0.3) is 0 Å². The Kier molecular flexibility index (Phi) is 3.82. The summed E-state index contributed by atoms with van der Waals surface area (Å²) in [6.45, 7) is 1.30. The highest BCUT2D eigenvalue weighted by Crippen LogP contribution is 2.48. The van der Waals surface area contributed by atoms with Gasteiger partial charge in [0.05, 0.1) is 28.9 Å². The smallest absolute Gasteiger partial charge is 0.352 e. The molecule has 0 bridgehead atoms. The number of carbonyl (C=O) groups excluding carboxylic acids is 1. The minimum absolute atomic E-state index is 0.0455. The Hall–Kier alpha value is -2.05. The van der Waals surface area contributed by atoms with Crippen LogP contribution in [-0.4, -0.2) is 16.0 Å². The van der Waals surface area contributed by atoms with Crippen LogP contribution in [-0.2, 0) is 17.3 Å². The lowest BCUT2D eigenvalue weighted by atomic mass is 9.98. The van der Waals surface area contributed by atoms with Crippen molar-refractivity contribution in [2.45, 2.75) is 25.5 Å². The van der Waals surface area contributed by atoms with Crippen molar-refractivity contribution in [1.29, 1.82) is 0 Å². The lowest BCUT2D eigenvalue weighted by Crippen LogP contribution is -2.34. The van der Waals surface area contributed by atoms with Crippen molar-refractivity contribution in [2.24, 2.45) is 0 Å². The molecule has 0 aliphatic carbocycles. The maximum atomic E-state index is 14.5. The topological polar surface area (TPSA) is 53.4 Å². The van der Waals surface area contributed by atoms with Crippen LogP contribution in [0.5, 0.6) is 0 Å². The van der Waals surface area contributed by atoms with Crippen molar-refractivity contribution in [3.8, 4) is 0 Å². The number of aliphatic hydroxyl groups excluding tert-OH is 1. The fourth-order valence-electron chi connectivity index (χ4n) is 2.72. The third-order valence-electron chi connectivity index (χ3n) is 3.83. The molecule has 0 spiro atoms. The van der Waals surface area contributed by atoms with Gasteiger partial charge in [-0.05, 0) is 30.2 Å². The summed E-state index contributed by atoms with van der Waals surface area (Å²) < 4.78 is 28.9. The minimum Gasteiger partial charge on any atom is -0.389 e. The van der Waals surface area contributed by atoms with Crippen LogP contribution < -0.4 is 4.90 Å². The average Bonchev–Trinajstić information content (AvgIpc) is 2.70. The predicted octanol–water partition coefficient (Wildman–Crippen LogP) is 3.43. The highest BCUT2D eigenvalue weighted by Gasteiger charge is 2.54. The number of amides is 1. The summed E-state index contributed by atoms with van der Waals surface area (Å²) >= 11 is 6.00. The Morgan fingerprint density at radius 3 is 2.78 bits per heavy atom. The molecule has 0 saturated carbocycles. The molecule has 0 saturated heterocycles. The molecule has 7 heteroatoms. The second kappa shape index (κ2) is 5.54.